The van der Waals surface area contributed by atoms with Gasteiger partial charge in [-0.2, -0.15) is 0 Å². The van der Waals surface area contributed by atoms with Crippen LogP contribution in [0.1, 0.15) is 35.7 Å². The minimum Gasteiger partial charge on any atom is -0.454 e. The van der Waals surface area contributed by atoms with Crippen molar-refractivity contribution in [3.05, 3.63) is 77.9 Å². The van der Waals surface area contributed by atoms with Crippen molar-refractivity contribution in [3.8, 4) is 22.6 Å². The zero-order valence-corrected chi connectivity index (χ0v) is 15.4. The van der Waals surface area contributed by atoms with Crippen molar-refractivity contribution in [1.29, 1.82) is 0 Å². The Morgan fingerprint density at radius 1 is 0.926 bits per heavy atom. The quantitative estimate of drug-likeness (QED) is 0.673. The van der Waals surface area contributed by atoms with E-state index in [1.807, 2.05) is 30.3 Å². The average Bonchev–Trinajstić information content (AvgIpc) is 3.16. The summed E-state index contributed by atoms with van der Waals surface area (Å²) in [6.07, 6.45) is 0. The van der Waals surface area contributed by atoms with Crippen LogP contribution in [0.25, 0.3) is 11.1 Å². The molecule has 0 unspecified atom stereocenters. The fourth-order valence-corrected chi connectivity index (χ4v) is 3.15. The molecule has 0 bridgehead atoms. The number of nitrogens with one attached hydrogen (secondary N) is 1. The van der Waals surface area contributed by atoms with Crippen molar-refractivity contribution in [3.63, 3.8) is 0 Å². The molecule has 1 aliphatic rings. The van der Waals surface area contributed by atoms with Gasteiger partial charge in [-0.1, -0.05) is 56.3 Å². The highest BCUT2D eigenvalue weighted by molar-refractivity contribution is 6.08. The Balaban J connectivity index is 1.61. The molecule has 0 aromatic heterocycles. The molecule has 136 valence electrons. The predicted octanol–water partition coefficient (Wildman–Crippen LogP) is 5.46. The molecule has 0 aliphatic carbocycles. The molecule has 4 nitrogen and oxygen atoms in total. The molecule has 4 heteroatoms. The molecule has 1 N–H and O–H groups in total. The van der Waals surface area contributed by atoms with Gasteiger partial charge in [0.1, 0.15) is 0 Å². The number of anilines is 1. The molecular weight excluding hydrogens is 338 g/mol. The van der Waals surface area contributed by atoms with Gasteiger partial charge >= 0.3 is 0 Å². The van der Waals surface area contributed by atoms with Crippen LogP contribution in [-0.4, -0.2) is 12.7 Å². The molecular formula is C23H21NO3. The van der Waals surface area contributed by atoms with E-state index < -0.39 is 0 Å². The Kier molecular flexibility index (Phi) is 4.55. The zero-order valence-electron chi connectivity index (χ0n) is 15.4. The van der Waals surface area contributed by atoms with Crippen LogP contribution in [0.5, 0.6) is 11.5 Å². The van der Waals surface area contributed by atoms with Crippen molar-refractivity contribution >= 4 is 11.6 Å². The summed E-state index contributed by atoms with van der Waals surface area (Å²) in [6.45, 7) is 4.55. The van der Waals surface area contributed by atoms with E-state index in [4.69, 9.17) is 9.47 Å². The van der Waals surface area contributed by atoms with Crippen LogP contribution < -0.4 is 14.8 Å². The standard InChI is InChI=1S/C23H21NO3/c1-15(2)16-7-9-17(10-8-16)19-5-3-4-6-20(19)23(25)24-18-11-12-21-22(13-18)27-14-26-21/h3-13,15H,14H2,1-2H3,(H,24,25). The largest absolute Gasteiger partial charge is 0.454 e. The molecule has 3 aromatic rings. The fourth-order valence-electron chi connectivity index (χ4n) is 3.15. The maximum Gasteiger partial charge on any atom is 0.256 e. The molecule has 1 heterocycles. The fraction of sp³-hybridized carbons (Fsp3) is 0.174. The van der Waals surface area contributed by atoms with Gasteiger partial charge in [0.05, 0.1) is 0 Å². The van der Waals surface area contributed by atoms with Crippen molar-refractivity contribution in [1.82, 2.24) is 0 Å². The number of carbonyl (C=O) groups is 1. The second kappa shape index (κ2) is 7.16. The number of amides is 1. The van der Waals surface area contributed by atoms with E-state index in [2.05, 4.69) is 43.4 Å². The lowest BCUT2D eigenvalue weighted by Crippen LogP contribution is -2.13. The SMILES string of the molecule is CC(C)c1ccc(-c2ccccc2C(=O)Nc2ccc3c(c2)OCO3)cc1. The lowest BCUT2D eigenvalue weighted by Gasteiger charge is -2.12. The second-order valence-corrected chi connectivity index (χ2v) is 6.84. The number of ether oxygens (including phenoxy) is 2. The summed E-state index contributed by atoms with van der Waals surface area (Å²) < 4.78 is 10.7. The highest BCUT2D eigenvalue weighted by Gasteiger charge is 2.16. The van der Waals surface area contributed by atoms with Crippen molar-refractivity contribution in [2.45, 2.75) is 19.8 Å². The Bertz CT molecular complexity index is 977. The number of fused-ring (bicyclic) bond motifs is 1. The molecule has 4 rings (SSSR count). The molecule has 0 saturated heterocycles. The third kappa shape index (κ3) is 3.51. The van der Waals surface area contributed by atoms with E-state index in [0.29, 0.717) is 28.7 Å². The maximum absolute atomic E-state index is 12.9. The van der Waals surface area contributed by atoms with Gasteiger partial charge in [-0.3, -0.25) is 4.79 Å². The summed E-state index contributed by atoms with van der Waals surface area (Å²) in [5.74, 6) is 1.66. The first-order valence-corrected chi connectivity index (χ1v) is 9.02. The third-order valence-electron chi connectivity index (χ3n) is 4.69. The van der Waals surface area contributed by atoms with Crippen LogP contribution in [0.3, 0.4) is 0 Å². The van der Waals surface area contributed by atoms with E-state index in [1.54, 1.807) is 12.1 Å². The van der Waals surface area contributed by atoms with Crippen molar-refractivity contribution in [2.24, 2.45) is 0 Å². The summed E-state index contributed by atoms with van der Waals surface area (Å²) in [6, 6.07) is 21.4. The Morgan fingerprint density at radius 3 is 2.44 bits per heavy atom. The van der Waals surface area contributed by atoms with E-state index >= 15 is 0 Å². The van der Waals surface area contributed by atoms with E-state index in [9.17, 15) is 4.79 Å². The summed E-state index contributed by atoms with van der Waals surface area (Å²) in [5, 5.41) is 2.95. The number of rotatable bonds is 4. The molecule has 1 aliphatic heterocycles. The van der Waals surface area contributed by atoms with Gasteiger partial charge in [0.15, 0.2) is 11.5 Å². The number of benzene rings is 3. The van der Waals surface area contributed by atoms with Gasteiger partial charge in [0.2, 0.25) is 6.79 Å². The Labute approximate surface area is 158 Å². The molecule has 0 fully saturated rings. The Morgan fingerprint density at radius 2 is 1.67 bits per heavy atom. The van der Waals surface area contributed by atoms with Gasteiger partial charge in [0, 0.05) is 17.3 Å². The van der Waals surface area contributed by atoms with E-state index in [1.165, 1.54) is 5.56 Å². The van der Waals surface area contributed by atoms with Gasteiger partial charge in [-0.05, 0) is 40.8 Å². The normalized spacial score (nSPS) is 12.3. The van der Waals surface area contributed by atoms with Crippen LogP contribution in [0, 0.1) is 0 Å². The van der Waals surface area contributed by atoms with Crippen LogP contribution in [0.15, 0.2) is 66.7 Å². The smallest absolute Gasteiger partial charge is 0.256 e. The highest BCUT2D eigenvalue weighted by atomic mass is 16.7. The molecule has 3 aromatic carbocycles. The van der Waals surface area contributed by atoms with Gasteiger partial charge < -0.3 is 14.8 Å². The minimum absolute atomic E-state index is 0.155. The van der Waals surface area contributed by atoms with Crippen LogP contribution in [0.2, 0.25) is 0 Å². The predicted molar refractivity (Wildman–Crippen MR) is 106 cm³/mol. The first kappa shape index (κ1) is 17.2. The molecule has 1 amide bonds. The molecule has 0 saturated carbocycles. The van der Waals surface area contributed by atoms with Crippen molar-refractivity contribution < 1.29 is 14.3 Å². The Hall–Kier alpha value is -3.27. The molecule has 27 heavy (non-hydrogen) atoms. The van der Waals surface area contributed by atoms with Gasteiger partial charge in [-0.15, -0.1) is 0 Å². The second-order valence-electron chi connectivity index (χ2n) is 6.84. The number of hydrogen-bond acceptors (Lipinski definition) is 3. The average molecular weight is 359 g/mol. The van der Waals surface area contributed by atoms with Gasteiger partial charge in [-0.25, -0.2) is 0 Å². The van der Waals surface area contributed by atoms with Gasteiger partial charge in [0.25, 0.3) is 5.91 Å². The zero-order chi connectivity index (χ0) is 18.8. The summed E-state index contributed by atoms with van der Waals surface area (Å²) in [4.78, 5) is 12.9. The van der Waals surface area contributed by atoms with Crippen LogP contribution >= 0.6 is 0 Å². The number of hydrogen-bond donors (Lipinski definition) is 1. The maximum atomic E-state index is 12.9. The lowest BCUT2D eigenvalue weighted by molar-refractivity contribution is 0.102. The van der Waals surface area contributed by atoms with Crippen LogP contribution in [0.4, 0.5) is 5.69 Å². The monoisotopic (exact) mass is 359 g/mol. The summed E-state index contributed by atoms with van der Waals surface area (Å²) in [7, 11) is 0. The lowest BCUT2D eigenvalue weighted by atomic mass is 9.95. The van der Waals surface area contributed by atoms with Crippen LogP contribution in [-0.2, 0) is 0 Å². The molecule has 0 atom stereocenters. The van der Waals surface area contributed by atoms with Crippen molar-refractivity contribution in [2.75, 3.05) is 12.1 Å². The summed E-state index contributed by atoms with van der Waals surface area (Å²) >= 11 is 0. The highest BCUT2D eigenvalue weighted by Crippen LogP contribution is 2.34. The first-order valence-electron chi connectivity index (χ1n) is 9.02. The summed E-state index contributed by atoms with van der Waals surface area (Å²) in [5.41, 5.74) is 4.52. The topological polar surface area (TPSA) is 47.6 Å². The molecule has 0 radical (unpaired) electrons. The van der Waals surface area contributed by atoms with E-state index in [-0.39, 0.29) is 12.7 Å². The minimum atomic E-state index is -0.155. The number of carbonyl (C=O) groups excluding carboxylic acids is 1. The molecule has 0 spiro atoms. The third-order valence-corrected chi connectivity index (χ3v) is 4.69. The van der Waals surface area contributed by atoms with E-state index in [0.717, 1.165) is 11.1 Å². The first-order chi connectivity index (χ1) is 13.1.